The first-order chi connectivity index (χ1) is 16.5. The van der Waals surface area contributed by atoms with Crippen molar-refractivity contribution in [2.24, 2.45) is 4.99 Å². The van der Waals surface area contributed by atoms with Crippen molar-refractivity contribution in [3.63, 3.8) is 0 Å². The van der Waals surface area contributed by atoms with Crippen LogP contribution in [0.25, 0.3) is 21.0 Å². The lowest BCUT2D eigenvalue weighted by Gasteiger charge is -2.02. The summed E-state index contributed by atoms with van der Waals surface area (Å²) in [6, 6.07) is 23.1. The molecule has 34 heavy (non-hydrogen) atoms. The van der Waals surface area contributed by atoms with E-state index in [4.69, 9.17) is 0 Å². The fourth-order valence-electron chi connectivity index (χ4n) is 3.39. The zero-order valence-corrected chi connectivity index (χ0v) is 19.0. The molecule has 1 aromatic heterocycles. The molecule has 0 aliphatic heterocycles. The van der Waals surface area contributed by atoms with Gasteiger partial charge in [0.15, 0.2) is 4.34 Å². The molecule has 5 rings (SSSR count). The van der Waals surface area contributed by atoms with Crippen molar-refractivity contribution >= 4 is 67.4 Å². The minimum absolute atomic E-state index is 0.0197. The topological polar surface area (TPSA) is 112 Å². The average molecular weight is 487 g/mol. The van der Waals surface area contributed by atoms with Gasteiger partial charge in [0.05, 0.1) is 30.6 Å². The molecule has 8 nitrogen and oxygen atoms in total. The van der Waals surface area contributed by atoms with Crippen LogP contribution in [-0.4, -0.2) is 21.0 Å². The van der Waals surface area contributed by atoms with Gasteiger partial charge in [-0.15, -0.1) is 11.3 Å². The van der Waals surface area contributed by atoms with Crippen LogP contribution >= 0.6 is 23.1 Å². The number of nitrogens with zero attached hydrogens (tertiary/aromatic N) is 4. The summed E-state index contributed by atoms with van der Waals surface area (Å²) in [5.74, 6) is 0. The Kier molecular flexibility index (Phi) is 5.74. The third-order valence-corrected chi connectivity index (χ3v) is 7.18. The van der Waals surface area contributed by atoms with Crippen LogP contribution < -0.4 is 0 Å². The molecule has 0 bridgehead atoms. The first kappa shape index (κ1) is 21.7. The summed E-state index contributed by atoms with van der Waals surface area (Å²) in [5.41, 5.74) is 1.89. The smallest absolute Gasteiger partial charge is 0.258 e. The highest BCUT2D eigenvalue weighted by atomic mass is 32.2. The Hall–Kier alpha value is -4.15. The standard InChI is InChI=1S/C24H14N4O4S2/c29-27(30)19-8-9-20-23(13-19)34-24(26-20)33-22-10-5-15(11-21(22)28(31)32)14-25-18-7-6-16-3-1-2-4-17(16)12-18/h1-14H. The Morgan fingerprint density at radius 2 is 1.71 bits per heavy atom. The number of fused-ring (bicyclic) bond motifs is 2. The predicted octanol–water partition coefficient (Wildman–Crippen LogP) is 7.17. The van der Waals surface area contributed by atoms with E-state index in [0.717, 1.165) is 28.2 Å². The Morgan fingerprint density at radius 1 is 0.882 bits per heavy atom. The summed E-state index contributed by atoms with van der Waals surface area (Å²) >= 11 is 2.41. The molecule has 1 heterocycles. The first-order valence-corrected chi connectivity index (χ1v) is 11.6. The Morgan fingerprint density at radius 3 is 2.50 bits per heavy atom. The van der Waals surface area contributed by atoms with Crippen molar-refractivity contribution < 1.29 is 9.85 Å². The summed E-state index contributed by atoms with van der Waals surface area (Å²) in [5, 5.41) is 24.9. The summed E-state index contributed by atoms with van der Waals surface area (Å²) in [7, 11) is 0. The number of hydrogen-bond acceptors (Lipinski definition) is 8. The maximum atomic E-state index is 11.7. The number of benzene rings is 4. The number of nitro groups is 2. The second-order valence-corrected chi connectivity index (χ2v) is 9.58. The lowest BCUT2D eigenvalue weighted by atomic mass is 10.1. The van der Waals surface area contributed by atoms with E-state index < -0.39 is 9.85 Å². The normalized spacial score (nSPS) is 11.4. The van der Waals surface area contributed by atoms with Gasteiger partial charge in [0.1, 0.15) is 0 Å². The predicted molar refractivity (Wildman–Crippen MR) is 135 cm³/mol. The van der Waals surface area contributed by atoms with Crippen molar-refractivity contribution in [3.8, 4) is 0 Å². The molecule has 0 amide bonds. The van der Waals surface area contributed by atoms with Gasteiger partial charge in [0, 0.05) is 24.4 Å². The van der Waals surface area contributed by atoms with Crippen LogP contribution in [0.3, 0.4) is 0 Å². The minimum Gasteiger partial charge on any atom is -0.258 e. The number of nitro benzene ring substituents is 2. The zero-order valence-electron chi connectivity index (χ0n) is 17.3. The summed E-state index contributed by atoms with van der Waals surface area (Å²) in [6.07, 6.45) is 1.60. The molecular formula is C24H14N4O4S2. The zero-order chi connectivity index (χ0) is 23.7. The van der Waals surface area contributed by atoms with Gasteiger partial charge in [-0.25, -0.2) is 4.98 Å². The first-order valence-electron chi connectivity index (χ1n) is 10.0. The highest BCUT2D eigenvalue weighted by molar-refractivity contribution is 8.01. The second kappa shape index (κ2) is 9.00. The SMILES string of the molecule is O=[N+]([O-])c1ccc2nc(Sc3ccc(C=Nc4ccc5ccccc5c4)cc3[N+](=O)[O-])sc2c1. The van der Waals surface area contributed by atoms with Crippen LogP contribution in [0.4, 0.5) is 17.1 Å². The lowest BCUT2D eigenvalue weighted by Crippen LogP contribution is -1.93. The molecule has 0 saturated heterocycles. The molecule has 166 valence electrons. The van der Waals surface area contributed by atoms with E-state index >= 15 is 0 Å². The van der Waals surface area contributed by atoms with Gasteiger partial charge in [-0.05, 0) is 40.6 Å². The van der Waals surface area contributed by atoms with Gasteiger partial charge in [-0.1, -0.05) is 48.2 Å². The molecule has 10 heteroatoms. The van der Waals surface area contributed by atoms with Gasteiger partial charge in [0.2, 0.25) is 0 Å². The van der Waals surface area contributed by atoms with E-state index in [2.05, 4.69) is 9.98 Å². The van der Waals surface area contributed by atoms with Crippen molar-refractivity contribution in [2.45, 2.75) is 9.24 Å². The molecule has 0 unspecified atom stereocenters. The third-order valence-electron chi connectivity index (χ3n) is 5.04. The van der Waals surface area contributed by atoms with E-state index in [9.17, 15) is 20.2 Å². The van der Waals surface area contributed by atoms with Crippen LogP contribution in [0.5, 0.6) is 0 Å². The van der Waals surface area contributed by atoms with Gasteiger partial charge >= 0.3 is 0 Å². The lowest BCUT2D eigenvalue weighted by molar-refractivity contribution is -0.387. The monoisotopic (exact) mass is 486 g/mol. The van der Waals surface area contributed by atoms with Crippen LogP contribution in [0, 0.1) is 20.2 Å². The number of rotatable bonds is 6. The summed E-state index contributed by atoms with van der Waals surface area (Å²) in [4.78, 5) is 31.2. The number of thiazole rings is 1. The maximum absolute atomic E-state index is 11.7. The molecular weight excluding hydrogens is 472 g/mol. The van der Waals surface area contributed by atoms with E-state index in [1.54, 1.807) is 24.4 Å². The van der Waals surface area contributed by atoms with Gasteiger partial charge in [-0.2, -0.15) is 0 Å². The third kappa shape index (κ3) is 4.49. The summed E-state index contributed by atoms with van der Waals surface area (Å²) in [6.45, 7) is 0. The fourth-order valence-corrected chi connectivity index (χ4v) is 5.53. The minimum atomic E-state index is -0.463. The molecule has 0 atom stereocenters. The van der Waals surface area contributed by atoms with Crippen LogP contribution in [0.15, 0.2) is 93.1 Å². The summed E-state index contributed by atoms with van der Waals surface area (Å²) < 4.78 is 1.22. The van der Waals surface area contributed by atoms with Gasteiger partial charge in [0.25, 0.3) is 11.4 Å². The van der Waals surface area contributed by atoms with E-state index in [1.165, 1.54) is 29.5 Å². The molecule has 5 aromatic rings. The second-order valence-electron chi connectivity index (χ2n) is 7.26. The molecule has 0 fully saturated rings. The van der Waals surface area contributed by atoms with Crippen LogP contribution in [-0.2, 0) is 0 Å². The molecule has 0 aliphatic carbocycles. The number of aliphatic imine (C=N–C) groups is 1. The molecule has 4 aromatic carbocycles. The fraction of sp³-hybridized carbons (Fsp3) is 0. The number of non-ortho nitro benzene ring substituents is 1. The Labute approximate surface area is 200 Å². The Balaban J connectivity index is 1.41. The molecule has 0 aliphatic rings. The van der Waals surface area contributed by atoms with Crippen LogP contribution in [0.1, 0.15) is 5.56 Å². The van der Waals surface area contributed by atoms with E-state index in [0.29, 0.717) is 25.0 Å². The Bertz CT molecular complexity index is 1610. The van der Waals surface area contributed by atoms with Crippen molar-refractivity contribution in [1.29, 1.82) is 0 Å². The highest BCUT2D eigenvalue weighted by Gasteiger charge is 2.18. The van der Waals surface area contributed by atoms with E-state index in [-0.39, 0.29) is 11.4 Å². The van der Waals surface area contributed by atoms with E-state index in [1.807, 2.05) is 42.5 Å². The van der Waals surface area contributed by atoms with Crippen molar-refractivity contribution in [2.75, 3.05) is 0 Å². The molecule has 0 N–H and O–H groups in total. The molecule has 0 spiro atoms. The van der Waals surface area contributed by atoms with Gasteiger partial charge in [-0.3, -0.25) is 25.2 Å². The van der Waals surface area contributed by atoms with Gasteiger partial charge < -0.3 is 0 Å². The van der Waals surface area contributed by atoms with Crippen molar-refractivity contribution in [3.05, 3.63) is 105 Å². The maximum Gasteiger partial charge on any atom is 0.283 e. The quantitative estimate of drug-likeness (QED) is 0.143. The molecule has 0 saturated carbocycles. The number of aromatic nitrogens is 1. The average Bonchev–Trinajstić information content (AvgIpc) is 3.24. The largest absolute Gasteiger partial charge is 0.283 e. The highest BCUT2D eigenvalue weighted by Crippen LogP contribution is 2.39. The van der Waals surface area contributed by atoms with Crippen molar-refractivity contribution in [1.82, 2.24) is 4.98 Å². The molecule has 0 radical (unpaired) electrons. The number of hydrogen-bond donors (Lipinski definition) is 0. The van der Waals surface area contributed by atoms with Crippen LogP contribution in [0.2, 0.25) is 0 Å².